The Kier molecular flexibility index (Phi) is 3.08. The Bertz CT molecular complexity index is 91.1. The van der Waals surface area contributed by atoms with E-state index < -0.39 is 0 Å². The molecule has 1 rings (SSSR count). The van der Waals surface area contributed by atoms with Crippen LogP contribution in [0.1, 0.15) is 20.3 Å². The fourth-order valence-electron chi connectivity index (χ4n) is 1.47. The van der Waals surface area contributed by atoms with Gasteiger partial charge in [0.2, 0.25) is 0 Å². The van der Waals surface area contributed by atoms with Gasteiger partial charge in [-0.05, 0) is 18.3 Å². The lowest BCUT2D eigenvalue weighted by atomic mass is 10.1. The predicted octanol–water partition coefficient (Wildman–Crippen LogP) is 3.27. The molecule has 4 atom stereocenters. The van der Waals surface area contributed by atoms with Crippen LogP contribution in [0.5, 0.6) is 0 Å². The van der Waals surface area contributed by atoms with Gasteiger partial charge in [-0.25, -0.2) is 0 Å². The molecular formula is C7H12I2. The standard InChI is InChI=1S/C7H12I2/c1-4-3-5(2)7(9)6(4)8/h4-7H,3H2,1-2H3. The first-order chi connectivity index (χ1) is 4.13. The van der Waals surface area contributed by atoms with Crippen LogP contribution in [0.15, 0.2) is 0 Å². The summed E-state index contributed by atoms with van der Waals surface area (Å²) < 4.78 is 1.83. The highest BCUT2D eigenvalue weighted by Crippen LogP contribution is 2.40. The summed E-state index contributed by atoms with van der Waals surface area (Å²) in [6.07, 6.45) is 1.43. The van der Waals surface area contributed by atoms with Gasteiger partial charge in [0.1, 0.15) is 0 Å². The number of rotatable bonds is 0. The van der Waals surface area contributed by atoms with Gasteiger partial charge in [-0.15, -0.1) is 0 Å². The van der Waals surface area contributed by atoms with Crippen LogP contribution in [0.2, 0.25) is 0 Å². The highest BCUT2D eigenvalue weighted by Gasteiger charge is 2.34. The van der Waals surface area contributed by atoms with Crippen molar-refractivity contribution >= 4 is 45.2 Å². The summed E-state index contributed by atoms with van der Waals surface area (Å²) >= 11 is 5.18. The Morgan fingerprint density at radius 1 is 1.00 bits per heavy atom. The van der Waals surface area contributed by atoms with E-state index in [4.69, 9.17) is 0 Å². The molecule has 0 aromatic rings. The maximum absolute atomic E-state index is 2.59. The molecule has 0 amide bonds. The molecule has 0 saturated heterocycles. The average Bonchev–Trinajstić information content (AvgIpc) is 1.98. The van der Waals surface area contributed by atoms with Crippen molar-refractivity contribution in [2.24, 2.45) is 11.8 Å². The monoisotopic (exact) mass is 350 g/mol. The minimum Gasteiger partial charge on any atom is -0.0812 e. The van der Waals surface area contributed by atoms with E-state index >= 15 is 0 Å². The number of hydrogen-bond acceptors (Lipinski definition) is 0. The molecule has 9 heavy (non-hydrogen) atoms. The SMILES string of the molecule is CC1CC(C)C(I)C1I. The van der Waals surface area contributed by atoms with Gasteiger partial charge in [-0.1, -0.05) is 59.0 Å². The van der Waals surface area contributed by atoms with Crippen LogP contribution >= 0.6 is 45.2 Å². The molecule has 1 saturated carbocycles. The van der Waals surface area contributed by atoms with Gasteiger partial charge in [0.25, 0.3) is 0 Å². The molecule has 2 heteroatoms. The van der Waals surface area contributed by atoms with Gasteiger partial charge < -0.3 is 0 Å². The summed E-state index contributed by atoms with van der Waals surface area (Å²) in [6, 6.07) is 0. The number of alkyl halides is 2. The third-order valence-corrected chi connectivity index (χ3v) is 7.52. The van der Waals surface area contributed by atoms with E-state index in [1.807, 2.05) is 0 Å². The summed E-state index contributed by atoms with van der Waals surface area (Å²) in [5.74, 6) is 1.89. The maximum atomic E-state index is 2.59. The summed E-state index contributed by atoms with van der Waals surface area (Å²) in [6.45, 7) is 4.73. The Morgan fingerprint density at radius 2 is 1.33 bits per heavy atom. The van der Waals surface area contributed by atoms with Crippen molar-refractivity contribution in [3.05, 3.63) is 0 Å². The first kappa shape index (κ1) is 8.56. The fourth-order valence-corrected chi connectivity index (χ4v) is 3.48. The van der Waals surface area contributed by atoms with Gasteiger partial charge in [-0.3, -0.25) is 0 Å². The first-order valence-electron chi connectivity index (χ1n) is 3.41. The van der Waals surface area contributed by atoms with Crippen molar-refractivity contribution in [3.63, 3.8) is 0 Å². The van der Waals surface area contributed by atoms with E-state index in [2.05, 4.69) is 59.0 Å². The summed E-state index contributed by atoms with van der Waals surface area (Å²) in [5.41, 5.74) is 0. The molecule has 0 spiro atoms. The lowest BCUT2D eigenvalue weighted by Crippen LogP contribution is -2.13. The summed E-state index contributed by atoms with van der Waals surface area (Å²) in [4.78, 5) is 0. The highest BCUT2D eigenvalue weighted by molar-refractivity contribution is 14.1. The molecule has 0 nitrogen and oxygen atoms in total. The average molecular weight is 350 g/mol. The molecule has 1 aliphatic carbocycles. The van der Waals surface area contributed by atoms with Crippen LogP contribution in [0, 0.1) is 11.8 Å². The molecular weight excluding hydrogens is 338 g/mol. The molecule has 0 aromatic heterocycles. The predicted molar refractivity (Wildman–Crippen MR) is 58.6 cm³/mol. The Labute approximate surface area is 84.4 Å². The van der Waals surface area contributed by atoms with Gasteiger partial charge in [-0.2, -0.15) is 0 Å². The summed E-state index contributed by atoms with van der Waals surface area (Å²) in [5, 5.41) is 0. The highest BCUT2D eigenvalue weighted by atomic mass is 127. The lowest BCUT2D eigenvalue weighted by Gasteiger charge is -2.10. The normalized spacial score (nSPS) is 52.0. The number of halogens is 2. The van der Waals surface area contributed by atoms with Crippen molar-refractivity contribution in [2.75, 3.05) is 0 Å². The molecule has 0 aliphatic heterocycles. The Hall–Kier alpha value is 1.46. The second kappa shape index (κ2) is 3.24. The van der Waals surface area contributed by atoms with Crippen molar-refractivity contribution in [2.45, 2.75) is 28.1 Å². The number of hydrogen-bond donors (Lipinski definition) is 0. The van der Waals surface area contributed by atoms with E-state index in [1.165, 1.54) is 6.42 Å². The largest absolute Gasteiger partial charge is 0.0812 e. The van der Waals surface area contributed by atoms with Gasteiger partial charge in [0.05, 0.1) is 0 Å². The second-order valence-electron chi connectivity index (χ2n) is 3.08. The van der Waals surface area contributed by atoms with Gasteiger partial charge in [0, 0.05) is 7.85 Å². The van der Waals surface area contributed by atoms with Crippen molar-refractivity contribution in [1.29, 1.82) is 0 Å². The fraction of sp³-hybridized carbons (Fsp3) is 1.00. The molecule has 0 bridgehead atoms. The molecule has 0 heterocycles. The molecule has 1 fully saturated rings. The zero-order valence-electron chi connectivity index (χ0n) is 5.77. The lowest BCUT2D eigenvalue weighted by molar-refractivity contribution is 0.564. The first-order valence-corrected chi connectivity index (χ1v) is 5.90. The van der Waals surface area contributed by atoms with Crippen LogP contribution in [-0.2, 0) is 0 Å². The van der Waals surface area contributed by atoms with E-state index in [1.54, 1.807) is 0 Å². The third kappa shape index (κ3) is 1.73. The molecule has 4 unspecified atom stereocenters. The topological polar surface area (TPSA) is 0 Å². The van der Waals surface area contributed by atoms with Crippen LogP contribution < -0.4 is 0 Å². The zero-order chi connectivity index (χ0) is 7.02. The van der Waals surface area contributed by atoms with Gasteiger partial charge >= 0.3 is 0 Å². The molecule has 0 radical (unpaired) electrons. The van der Waals surface area contributed by atoms with Crippen LogP contribution in [0.4, 0.5) is 0 Å². The Balaban J connectivity index is 2.54. The van der Waals surface area contributed by atoms with Crippen molar-refractivity contribution in [3.8, 4) is 0 Å². The van der Waals surface area contributed by atoms with Crippen molar-refractivity contribution in [1.82, 2.24) is 0 Å². The van der Waals surface area contributed by atoms with E-state index in [-0.39, 0.29) is 0 Å². The summed E-state index contributed by atoms with van der Waals surface area (Å²) in [7, 11) is 0. The minimum absolute atomic E-state index is 0.915. The van der Waals surface area contributed by atoms with E-state index in [0.29, 0.717) is 0 Å². The quantitative estimate of drug-likeness (QED) is 0.465. The Morgan fingerprint density at radius 3 is 1.44 bits per heavy atom. The molecule has 0 aromatic carbocycles. The minimum atomic E-state index is 0.915. The molecule has 0 N–H and O–H groups in total. The van der Waals surface area contributed by atoms with Crippen LogP contribution in [0.25, 0.3) is 0 Å². The third-order valence-electron chi connectivity index (χ3n) is 2.13. The zero-order valence-corrected chi connectivity index (χ0v) is 10.1. The van der Waals surface area contributed by atoms with E-state index in [0.717, 1.165) is 19.7 Å². The maximum Gasteiger partial charge on any atom is 0.0256 e. The molecule has 1 aliphatic rings. The van der Waals surface area contributed by atoms with Crippen LogP contribution in [0.3, 0.4) is 0 Å². The van der Waals surface area contributed by atoms with E-state index in [9.17, 15) is 0 Å². The van der Waals surface area contributed by atoms with Crippen molar-refractivity contribution < 1.29 is 0 Å². The smallest absolute Gasteiger partial charge is 0.0256 e. The van der Waals surface area contributed by atoms with Gasteiger partial charge in [0.15, 0.2) is 0 Å². The second-order valence-corrected chi connectivity index (χ2v) is 5.96. The molecule has 54 valence electrons. The van der Waals surface area contributed by atoms with Crippen LogP contribution in [-0.4, -0.2) is 7.85 Å².